The van der Waals surface area contributed by atoms with Crippen LogP contribution >= 0.6 is 0 Å². The Morgan fingerprint density at radius 2 is 1.20 bits per heavy atom. The van der Waals surface area contributed by atoms with Gasteiger partial charge in [-0.05, 0) is 22.3 Å². The fraction of sp³-hybridized carbons (Fsp3) is 0.121. The molecule has 1 atom stereocenters. The number of carbonyl (C=O) groups is 2. The van der Waals surface area contributed by atoms with E-state index in [1.54, 1.807) is 24.7 Å². The predicted molar refractivity (Wildman–Crippen MR) is 151 cm³/mol. The number of carboxylic acids is 1. The molecule has 4 aromatic carbocycles. The van der Waals surface area contributed by atoms with Gasteiger partial charge in [0, 0.05) is 18.3 Å². The highest BCUT2D eigenvalue weighted by atomic mass is 16.5. The highest BCUT2D eigenvalue weighted by Crippen LogP contribution is 2.42. The molecule has 5 rings (SSSR count). The fourth-order valence-electron chi connectivity index (χ4n) is 5.08. The fourth-order valence-corrected chi connectivity index (χ4v) is 5.08. The number of imidazole rings is 1. The molecule has 1 heterocycles. The number of hydrogen-bond donors (Lipinski definition) is 2. The zero-order chi connectivity index (χ0) is 28.0. The third-order valence-corrected chi connectivity index (χ3v) is 7.07. The van der Waals surface area contributed by atoms with Gasteiger partial charge in [0.2, 0.25) is 5.54 Å². The van der Waals surface area contributed by atoms with Gasteiger partial charge < -0.3 is 20.1 Å². The van der Waals surface area contributed by atoms with Gasteiger partial charge >= 0.3 is 11.9 Å². The molecule has 7 nitrogen and oxygen atoms in total. The molecule has 0 radical (unpaired) electrons. The van der Waals surface area contributed by atoms with E-state index in [4.69, 9.17) is 10.5 Å². The Morgan fingerprint density at radius 1 is 0.750 bits per heavy atom. The molecule has 200 valence electrons. The molecule has 0 saturated heterocycles. The van der Waals surface area contributed by atoms with Gasteiger partial charge in [-0.25, -0.2) is 14.6 Å². The summed E-state index contributed by atoms with van der Waals surface area (Å²) >= 11 is 0. The summed E-state index contributed by atoms with van der Waals surface area (Å²) in [4.78, 5) is 30.2. The molecular formula is C33H29N3O4. The average Bonchev–Trinajstić information content (AvgIpc) is 3.46. The molecule has 0 fully saturated rings. The summed E-state index contributed by atoms with van der Waals surface area (Å²) in [6.07, 6.45) is 2.86. The van der Waals surface area contributed by atoms with E-state index in [1.807, 2.05) is 114 Å². The van der Waals surface area contributed by atoms with Crippen molar-refractivity contribution < 1.29 is 19.4 Å². The molecule has 0 bridgehead atoms. The van der Waals surface area contributed by atoms with Crippen LogP contribution in [0.1, 0.15) is 27.9 Å². The van der Waals surface area contributed by atoms with E-state index in [1.165, 1.54) is 0 Å². The van der Waals surface area contributed by atoms with Crippen molar-refractivity contribution in [1.82, 2.24) is 9.55 Å². The SMILES string of the molecule is N[C@@](Cc1cncn1C(c1ccccc1)(c1ccccc1)c1ccccc1)(C(=O)O)C(=O)OCc1ccccc1. The number of nitrogens with zero attached hydrogens (tertiary/aromatic N) is 2. The maximum Gasteiger partial charge on any atom is 0.338 e. The number of esters is 1. The summed E-state index contributed by atoms with van der Waals surface area (Å²) < 4.78 is 7.31. The van der Waals surface area contributed by atoms with Gasteiger partial charge in [-0.15, -0.1) is 0 Å². The van der Waals surface area contributed by atoms with Crippen molar-refractivity contribution in [2.75, 3.05) is 0 Å². The highest BCUT2D eigenvalue weighted by molar-refractivity contribution is 6.04. The van der Waals surface area contributed by atoms with Gasteiger partial charge in [0.15, 0.2) is 0 Å². The molecule has 0 aliphatic carbocycles. The van der Waals surface area contributed by atoms with Gasteiger partial charge in [-0.1, -0.05) is 121 Å². The van der Waals surface area contributed by atoms with Crippen molar-refractivity contribution >= 4 is 11.9 Å². The number of hydrogen-bond acceptors (Lipinski definition) is 5. The summed E-state index contributed by atoms with van der Waals surface area (Å²) in [5.74, 6) is -2.51. The lowest BCUT2D eigenvalue weighted by atomic mass is 9.76. The molecular weight excluding hydrogens is 502 g/mol. The minimum Gasteiger partial charge on any atom is -0.479 e. The second-order valence-electron chi connectivity index (χ2n) is 9.58. The number of carbonyl (C=O) groups excluding carboxylic acids is 1. The molecule has 0 amide bonds. The van der Waals surface area contributed by atoms with Gasteiger partial charge in [0.25, 0.3) is 0 Å². The summed E-state index contributed by atoms with van der Waals surface area (Å²) in [5.41, 5.74) is 7.03. The molecule has 0 aliphatic heterocycles. The Bertz CT molecular complexity index is 1470. The number of nitrogens with two attached hydrogens (primary N) is 1. The normalized spacial score (nSPS) is 12.8. The largest absolute Gasteiger partial charge is 0.479 e. The van der Waals surface area contributed by atoms with Crippen molar-refractivity contribution in [3.05, 3.63) is 162 Å². The third kappa shape index (κ3) is 4.90. The first-order valence-corrected chi connectivity index (χ1v) is 12.9. The molecule has 0 aliphatic rings. The van der Waals surface area contributed by atoms with Crippen LogP contribution in [0.15, 0.2) is 134 Å². The molecule has 0 unspecified atom stereocenters. The molecule has 5 aromatic rings. The number of aliphatic carboxylic acids is 1. The van der Waals surface area contributed by atoms with Crippen molar-refractivity contribution in [3.63, 3.8) is 0 Å². The lowest BCUT2D eigenvalue weighted by Crippen LogP contribution is -2.58. The lowest BCUT2D eigenvalue weighted by molar-refractivity contribution is -0.162. The lowest BCUT2D eigenvalue weighted by Gasteiger charge is -2.39. The van der Waals surface area contributed by atoms with Crippen LogP contribution in [0.5, 0.6) is 0 Å². The van der Waals surface area contributed by atoms with Crippen LogP contribution in [0.4, 0.5) is 0 Å². The number of aromatic nitrogens is 2. The molecule has 0 saturated carbocycles. The predicted octanol–water partition coefficient (Wildman–Crippen LogP) is 4.79. The van der Waals surface area contributed by atoms with Crippen molar-refractivity contribution in [3.8, 4) is 0 Å². The summed E-state index contributed by atoms with van der Waals surface area (Å²) in [7, 11) is 0. The van der Waals surface area contributed by atoms with Crippen molar-refractivity contribution in [2.24, 2.45) is 5.73 Å². The first-order valence-electron chi connectivity index (χ1n) is 12.9. The molecule has 1 aromatic heterocycles. The Morgan fingerprint density at radius 3 is 1.65 bits per heavy atom. The van der Waals surface area contributed by atoms with E-state index in [0.29, 0.717) is 5.69 Å². The number of ether oxygens (including phenoxy) is 1. The van der Waals surface area contributed by atoms with E-state index in [2.05, 4.69) is 4.98 Å². The molecule has 7 heteroatoms. The highest BCUT2D eigenvalue weighted by Gasteiger charge is 2.47. The minimum absolute atomic E-state index is 0.0901. The minimum atomic E-state index is -2.34. The zero-order valence-electron chi connectivity index (χ0n) is 21.8. The average molecular weight is 532 g/mol. The Hall–Kier alpha value is -5.01. The second-order valence-corrected chi connectivity index (χ2v) is 9.58. The van der Waals surface area contributed by atoms with Crippen LogP contribution < -0.4 is 5.73 Å². The Kier molecular flexibility index (Phi) is 7.57. The molecule has 40 heavy (non-hydrogen) atoms. The van der Waals surface area contributed by atoms with Gasteiger partial charge in [-0.2, -0.15) is 0 Å². The van der Waals surface area contributed by atoms with Crippen LogP contribution in [0.25, 0.3) is 0 Å². The van der Waals surface area contributed by atoms with Gasteiger partial charge in [-0.3, -0.25) is 0 Å². The van der Waals surface area contributed by atoms with Crippen molar-refractivity contribution in [2.45, 2.75) is 24.1 Å². The number of rotatable bonds is 10. The number of benzene rings is 4. The quantitative estimate of drug-likeness (QED) is 0.152. The Labute approximate surface area is 232 Å². The topological polar surface area (TPSA) is 107 Å². The smallest absolute Gasteiger partial charge is 0.338 e. The molecule has 0 spiro atoms. The van der Waals surface area contributed by atoms with Crippen LogP contribution in [-0.4, -0.2) is 32.1 Å². The van der Waals surface area contributed by atoms with E-state index in [-0.39, 0.29) is 13.0 Å². The summed E-state index contributed by atoms with van der Waals surface area (Å²) in [6, 6.07) is 38.7. The van der Waals surface area contributed by atoms with E-state index >= 15 is 0 Å². The number of carboxylic acid groups (broad SMARTS) is 1. The maximum atomic E-state index is 13.2. The summed E-state index contributed by atoms with van der Waals surface area (Å²) in [5, 5.41) is 10.2. The first kappa shape index (κ1) is 26.6. The first-order chi connectivity index (χ1) is 19.5. The second kappa shape index (κ2) is 11.4. The Balaban J connectivity index is 1.64. The van der Waals surface area contributed by atoms with Gasteiger partial charge in [0.1, 0.15) is 12.1 Å². The zero-order valence-corrected chi connectivity index (χ0v) is 21.8. The monoisotopic (exact) mass is 531 g/mol. The van der Waals surface area contributed by atoms with Crippen LogP contribution in [-0.2, 0) is 32.9 Å². The van der Waals surface area contributed by atoms with Crippen LogP contribution in [0, 0.1) is 0 Å². The summed E-state index contributed by atoms with van der Waals surface area (Å²) in [6.45, 7) is -0.0901. The standard InChI is InChI=1S/C33H29N3O4/c34-32(30(37)38,31(39)40-23-25-13-5-1-6-14-25)21-29-22-35-24-36(29)33(26-15-7-2-8-16-26,27-17-9-3-10-18-27)28-19-11-4-12-20-28/h1-20,22,24H,21,23,34H2,(H,37,38)/t32-/m0/s1. The molecule has 3 N–H and O–H groups in total. The van der Waals surface area contributed by atoms with Crippen LogP contribution in [0.3, 0.4) is 0 Å². The van der Waals surface area contributed by atoms with E-state index in [9.17, 15) is 14.7 Å². The van der Waals surface area contributed by atoms with E-state index < -0.39 is 23.0 Å². The third-order valence-electron chi connectivity index (χ3n) is 7.07. The van der Waals surface area contributed by atoms with Gasteiger partial charge in [0.05, 0.1) is 6.33 Å². The van der Waals surface area contributed by atoms with E-state index in [0.717, 1.165) is 22.3 Å². The maximum absolute atomic E-state index is 13.2. The van der Waals surface area contributed by atoms with Crippen molar-refractivity contribution in [1.29, 1.82) is 0 Å². The van der Waals surface area contributed by atoms with Crippen LogP contribution in [0.2, 0.25) is 0 Å².